The molecule has 0 saturated heterocycles. The van der Waals surface area contributed by atoms with Crippen LogP contribution in [0.15, 0.2) is 53.6 Å². The monoisotopic (exact) mass is 307 g/mol. The van der Waals surface area contributed by atoms with Crippen LogP contribution in [0.5, 0.6) is 0 Å². The molecule has 0 aliphatic rings. The van der Waals surface area contributed by atoms with Crippen LogP contribution in [-0.4, -0.2) is 14.5 Å². The van der Waals surface area contributed by atoms with Crippen molar-refractivity contribution in [1.29, 1.82) is 5.26 Å². The quantitative estimate of drug-likeness (QED) is 0.779. The maximum absolute atomic E-state index is 13.1. The van der Waals surface area contributed by atoms with E-state index in [0.717, 1.165) is 0 Å². The van der Waals surface area contributed by atoms with Crippen LogP contribution >= 0.6 is 0 Å². The molecule has 3 rings (SSSR count). The number of nitrogens with two attached hydrogens (primary N) is 1. The van der Waals surface area contributed by atoms with Gasteiger partial charge in [-0.3, -0.25) is 9.55 Å². The molecule has 0 amide bonds. The van der Waals surface area contributed by atoms with E-state index in [1.165, 1.54) is 53.4 Å². The predicted octanol–water partition coefficient (Wildman–Crippen LogP) is 1.89. The molecule has 0 spiro atoms. The highest BCUT2D eigenvalue weighted by molar-refractivity contribution is 5.73. The van der Waals surface area contributed by atoms with Gasteiger partial charge in [-0.05, 0) is 36.4 Å². The molecule has 6 nitrogen and oxygen atoms in total. The fourth-order valence-electron chi connectivity index (χ4n) is 2.19. The van der Waals surface area contributed by atoms with Gasteiger partial charge in [0.15, 0.2) is 0 Å². The molecule has 0 fully saturated rings. The number of nitrogens with zero attached hydrogens (tertiary/aromatic N) is 4. The first-order valence-corrected chi connectivity index (χ1v) is 6.61. The number of hydrogen-bond acceptors (Lipinski definition) is 5. The summed E-state index contributed by atoms with van der Waals surface area (Å²) < 4.78 is 14.3. The van der Waals surface area contributed by atoms with Crippen molar-refractivity contribution >= 4 is 5.82 Å². The van der Waals surface area contributed by atoms with E-state index in [0.29, 0.717) is 11.3 Å². The molecule has 112 valence electrons. The van der Waals surface area contributed by atoms with Gasteiger partial charge in [0.25, 0.3) is 0 Å². The average Bonchev–Trinajstić information content (AvgIpc) is 2.55. The van der Waals surface area contributed by atoms with Crippen LogP contribution in [0.3, 0.4) is 0 Å². The van der Waals surface area contributed by atoms with Gasteiger partial charge >= 0.3 is 5.69 Å². The third-order valence-electron chi connectivity index (χ3n) is 3.23. The van der Waals surface area contributed by atoms with E-state index < -0.39 is 11.5 Å². The first-order chi connectivity index (χ1) is 11.1. The molecular weight excluding hydrogens is 297 g/mol. The van der Waals surface area contributed by atoms with Crippen LogP contribution < -0.4 is 11.4 Å². The second-order valence-corrected chi connectivity index (χ2v) is 4.68. The number of nitriles is 1. The van der Waals surface area contributed by atoms with Crippen LogP contribution in [0.25, 0.3) is 16.9 Å². The molecular formula is C16H10FN5O. The van der Waals surface area contributed by atoms with E-state index in [4.69, 9.17) is 5.73 Å². The Morgan fingerprint density at radius 2 is 1.91 bits per heavy atom. The minimum absolute atomic E-state index is 0.0805. The fraction of sp³-hybridized carbons (Fsp3) is 0. The van der Waals surface area contributed by atoms with Gasteiger partial charge in [0, 0.05) is 18.0 Å². The number of halogens is 1. The van der Waals surface area contributed by atoms with E-state index in [2.05, 4.69) is 9.97 Å². The van der Waals surface area contributed by atoms with Gasteiger partial charge in [0.1, 0.15) is 17.7 Å². The highest BCUT2D eigenvalue weighted by Gasteiger charge is 2.15. The van der Waals surface area contributed by atoms with Crippen molar-refractivity contribution in [3.05, 3.63) is 70.7 Å². The lowest BCUT2D eigenvalue weighted by molar-refractivity contribution is 0.628. The van der Waals surface area contributed by atoms with Crippen molar-refractivity contribution in [1.82, 2.24) is 14.5 Å². The lowest BCUT2D eigenvalue weighted by Crippen LogP contribution is -2.23. The van der Waals surface area contributed by atoms with Gasteiger partial charge in [0.2, 0.25) is 0 Å². The minimum atomic E-state index is -0.627. The molecule has 0 unspecified atom stereocenters. The number of anilines is 1. The molecule has 3 aromatic rings. The van der Waals surface area contributed by atoms with Crippen molar-refractivity contribution in [2.45, 2.75) is 0 Å². The van der Waals surface area contributed by atoms with Crippen molar-refractivity contribution in [2.75, 3.05) is 5.73 Å². The number of pyridine rings is 1. The first-order valence-electron chi connectivity index (χ1n) is 6.61. The van der Waals surface area contributed by atoms with Gasteiger partial charge in [0.05, 0.1) is 16.9 Å². The summed E-state index contributed by atoms with van der Waals surface area (Å²) in [5.74, 6) is -0.310. The summed E-state index contributed by atoms with van der Waals surface area (Å²) in [5.41, 5.74) is 6.33. The smallest absolute Gasteiger partial charge is 0.354 e. The van der Waals surface area contributed by atoms with Crippen molar-refractivity contribution in [3.8, 4) is 23.0 Å². The second kappa shape index (κ2) is 5.69. The summed E-state index contributed by atoms with van der Waals surface area (Å²) >= 11 is 0. The number of benzene rings is 1. The third-order valence-corrected chi connectivity index (χ3v) is 3.23. The van der Waals surface area contributed by atoms with Gasteiger partial charge < -0.3 is 5.73 Å². The molecule has 1 aromatic carbocycles. The molecule has 2 N–H and O–H groups in total. The molecule has 0 saturated carbocycles. The molecule has 0 aliphatic carbocycles. The highest BCUT2D eigenvalue weighted by Crippen LogP contribution is 2.26. The van der Waals surface area contributed by atoms with Gasteiger partial charge in [-0.1, -0.05) is 0 Å². The summed E-state index contributed by atoms with van der Waals surface area (Å²) in [4.78, 5) is 20.0. The largest absolute Gasteiger partial charge is 0.383 e. The predicted molar refractivity (Wildman–Crippen MR) is 82.2 cm³/mol. The molecule has 7 heteroatoms. The zero-order valence-corrected chi connectivity index (χ0v) is 11.8. The lowest BCUT2D eigenvalue weighted by Gasteiger charge is -2.12. The van der Waals surface area contributed by atoms with E-state index >= 15 is 0 Å². The summed E-state index contributed by atoms with van der Waals surface area (Å²) in [6.07, 6.45) is 2.88. The van der Waals surface area contributed by atoms with Crippen molar-refractivity contribution < 1.29 is 4.39 Å². The normalized spacial score (nSPS) is 10.3. The maximum atomic E-state index is 13.1. The fourth-order valence-corrected chi connectivity index (χ4v) is 2.19. The zero-order valence-electron chi connectivity index (χ0n) is 11.8. The van der Waals surface area contributed by atoms with Crippen molar-refractivity contribution in [3.63, 3.8) is 0 Å². The lowest BCUT2D eigenvalue weighted by atomic mass is 10.1. The number of nitrogen functional groups attached to an aromatic ring is 1. The summed E-state index contributed by atoms with van der Waals surface area (Å²) in [6, 6.07) is 10.6. The number of aromatic nitrogens is 3. The Morgan fingerprint density at radius 3 is 2.57 bits per heavy atom. The van der Waals surface area contributed by atoms with Crippen LogP contribution in [-0.2, 0) is 0 Å². The minimum Gasteiger partial charge on any atom is -0.383 e. The first kappa shape index (κ1) is 14.4. The Hall–Kier alpha value is -3.53. The molecule has 0 radical (unpaired) electrons. The number of rotatable bonds is 2. The van der Waals surface area contributed by atoms with Crippen molar-refractivity contribution in [2.24, 2.45) is 0 Å². The molecule has 2 aromatic heterocycles. The maximum Gasteiger partial charge on any atom is 0.354 e. The molecule has 0 bridgehead atoms. The Kier molecular flexibility index (Phi) is 3.57. The molecule has 0 atom stereocenters. The van der Waals surface area contributed by atoms with Crippen LogP contribution in [0.1, 0.15) is 5.56 Å². The Balaban J connectivity index is 2.32. The number of hydrogen-bond donors (Lipinski definition) is 1. The Morgan fingerprint density at radius 1 is 1.17 bits per heavy atom. The van der Waals surface area contributed by atoms with Crippen LogP contribution in [0, 0.1) is 17.1 Å². The summed E-state index contributed by atoms with van der Waals surface area (Å²) in [6.45, 7) is 0. The Labute approximate surface area is 130 Å². The standard InChI is InChI=1S/C16H10FN5O/c17-12-3-1-10(2-4-12)14-15(11(9-18)5-7-20-14)22-8-6-13(19)21-16(22)23/h1-8H,(H2,19,21,23). The van der Waals surface area contributed by atoms with Gasteiger partial charge in [-0.25, -0.2) is 9.18 Å². The molecule has 0 aliphatic heterocycles. The third kappa shape index (κ3) is 2.65. The SMILES string of the molecule is N#Cc1ccnc(-c2ccc(F)cc2)c1-n1ccc(N)nc1=O. The summed E-state index contributed by atoms with van der Waals surface area (Å²) in [7, 11) is 0. The van der Waals surface area contributed by atoms with E-state index in [9.17, 15) is 14.4 Å². The van der Waals surface area contributed by atoms with Crippen LogP contribution in [0.4, 0.5) is 10.2 Å². The molecule has 23 heavy (non-hydrogen) atoms. The highest BCUT2D eigenvalue weighted by atomic mass is 19.1. The van der Waals surface area contributed by atoms with Gasteiger partial charge in [-0.2, -0.15) is 10.2 Å². The average molecular weight is 307 g/mol. The van der Waals surface area contributed by atoms with Crippen LogP contribution in [0.2, 0.25) is 0 Å². The molecule has 2 heterocycles. The van der Waals surface area contributed by atoms with E-state index in [-0.39, 0.29) is 17.1 Å². The second-order valence-electron chi connectivity index (χ2n) is 4.68. The Bertz CT molecular complexity index is 973. The zero-order chi connectivity index (χ0) is 16.4. The van der Waals surface area contributed by atoms with E-state index in [1.807, 2.05) is 6.07 Å². The topological polar surface area (TPSA) is 97.6 Å². The summed E-state index contributed by atoms with van der Waals surface area (Å²) in [5, 5.41) is 9.34. The van der Waals surface area contributed by atoms with E-state index in [1.54, 1.807) is 0 Å². The van der Waals surface area contributed by atoms with Gasteiger partial charge in [-0.15, -0.1) is 0 Å².